The maximum Gasteiger partial charge on any atom is 0.0548 e. The summed E-state index contributed by atoms with van der Waals surface area (Å²) in [5, 5.41) is 4.24. The van der Waals surface area contributed by atoms with Gasteiger partial charge < -0.3 is 5.32 Å². The molecule has 1 heterocycles. The van der Waals surface area contributed by atoms with Crippen LogP contribution >= 0.6 is 39.9 Å². The van der Waals surface area contributed by atoms with Gasteiger partial charge in [0.15, 0.2) is 0 Å². The zero-order chi connectivity index (χ0) is 13.7. The first kappa shape index (κ1) is 18.2. The van der Waals surface area contributed by atoms with Crippen LogP contribution in [-0.2, 0) is 6.54 Å². The molecule has 0 saturated carbocycles. The molecule has 20 heavy (non-hydrogen) atoms. The van der Waals surface area contributed by atoms with E-state index in [0.717, 1.165) is 28.5 Å². The topological polar surface area (TPSA) is 15.3 Å². The number of nitrogens with one attached hydrogen (secondary N) is 1. The molecule has 0 unspecified atom stereocenters. The number of halogens is 3. The average molecular weight is 382 g/mol. The standard InChI is InChI=1S/C15H22BrClN2.ClH/c1-2-18-10-12-5-7-19(8-6-12)11-13-3-4-15(17)14(16)9-13;/h3-4,9,12,18H,2,5-8,10-11H2,1H3;1H. The third kappa shape index (κ3) is 5.53. The van der Waals surface area contributed by atoms with E-state index in [-0.39, 0.29) is 12.4 Å². The Hall–Kier alpha value is 0.200. The summed E-state index contributed by atoms with van der Waals surface area (Å²) in [4.78, 5) is 2.54. The lowest BCUT2D eigenvalue weighted by Crippen LogP contribution is -2.36. The summed E-state index contributed by atoms with van der Waals surface area (Å²) in [5.41, 5.74) is 1.33. The molecule has 1 aromatic rings. The van der Waals surface area contributed by atoms with Crippen LogP contribution in [0, 0.1) is 5.92 Å². The highest BCUT2D eigenvalue weighted by Gasteiger charge is 2.18. The first-order chi connectivity index (χ1) is 9.19. The number of rotatable bonds is 5. The van der Waals surface area contributed by atoms with Gasteiger partial charge in [0.25, 0.3) is 0 Å². The summed E-state index contributed by atoms with van der Waals surface area (Å²) < 4.78 is 0.994. The first-order valence-electron chi connectivity index (χ1n) is 7.06. The van der Waals surface area contributed by atoms with Crippen molar-refractivity contribution in [3.8, 4) is 0 Å². The molecular weight excluding hydrogens is 359 g/mol. The maximum atomic E-state index is 6.02. The van der Waals surface area contributed by atoms with Crippen molar-refractivity contribution in [1.29, 1.82) is 0 Å². The summed E-state index contributed by atoms with van der Waals surface area (Å²) in [6.07, 6.45) is 2.61. The lowest BCUT2D eigenvalue weighted by Gasteiger charge is -2.32. The van der Waals surface area contributed by atoms with Gasteiger partial charge in [-0.05, 0) is 78.6 Å². The van der Waals surface area contributed by atoms with Crippen LogP contribution in [0.4, 0.5) is 0 Å². The van der Waals surface area contributed by atoms with E-state index in [4.69, 9.17) is 11.6 Å². The molecule has 0 radical (unpaired) electrons. The molecule has 0 aliphatic carbocycles. The second kappa shape index (κ2) is 9.26. The lowest BCUT2D eigenvalue weighted by atomic mass is 9.96. The average Bonchev–Trinajstić information content (AvgIpc) is 2.42. The summed E-state index contributed by atoms with van der Waals surface area (Å²) >= 11 is 9.51. The van der Waals surface area contributed by atoms with Gasteiger partial charge in [-0.25, -0.2) is 0 Å². The minimum Gasteiger partial charge on any atom is -0.317 e. The van der Waals surface area contributed by atoms with Crippen molar-refractivity contribution in [2.75, 3.05) is 26.2 Å². The molecule has 0 bridgehead atoms. The number of hydrogen-bond acceptors (Lipinski definition) is 2. The third-order valence-electron chi connectivity index (χ3n) is 3.78. The van der Waals surface area contributed by atoms with Gasteiger partial charge in [0.2, 0.25) is 0 Å². The quantitative estimate of drug-likeness (QED) is 0.815. The highest BCUT2D eigenvalue weighted by molar-refractivity contribution is 9.10. The predicted octanol–water partition coefficient (Wildman–Crippen LogP) is 4.35. The summed E-state index contributed by atoms with van der Waals surface area (Å²) in [6, 6.07) is 6.23. The van der Waals surface area contributed by atoms with Crippen LogP contribution in [0.1, 0.15) is 25.3 Å². The number of likely N-dealkylation sites (tertiary alicyclic amines) is 1. The molecule has 1 fully saturated rings. The molecule has 2 nitrogen and oxygen atoms in total. The number of piperidine rings is 1. The van der Waals surface area contributed by atoms with Crippen LogP contribution < -0.4 is 5.32 Å². The fraction of sp³-hybridized carbons (Fsp3) is 0.600. The van der Waals surface area contributed by atoms with Gasteiger partial charge in [-0.3, -0.25) is 4.90 Å². The summed E-state index contributed by atoms with van der Waals surface area (Å²) in [6.45, 7) is 7.87. The van der Waals surface area contributed by atoms with E-state index in [1.54, 1.807) is 0 Å². The summed E-state index contributed by atoms with van der Waals surface area (Å²) in [5.74, 6) is 0.855. The monoisotopic (exact) mass is 380 g/mol. The maximum absolute atomic E-state index is 6.02. The third-order valence-corrected chi connectivity index (χ3v) is 4.99. The molecule has 1 N–H and O–H groups in total. The van der Waals surface area contributed by atoms with Crippen LogP contribution in [0.15, 0.2) is 22.7 Å². The van der Waals surface area contributed by atoms with Gasteiger partial charge in [-0.15, -0.1) is 12.4 Å². The van der Waals surface area contributed by atoms with Crippen LogP contribution in [0.3, 0.4) is 0 Å². The van der Waals surface area contributed by atoms with E-state index in [1.165, 1.54) is 38.0 Å². The summed E-state index contributed by atoms with van der Waals surface area (Å²) in [7, 11) is 0. The van der Waals surface area contributed by atoms with Crippen molar-refractivity contribution in [2.24, 2.45) is 5.92 Å². The van der Waals surface area contributed by atoms with E-state index < -0.39 is 0 Å². The van der Waals surface area contributed by atoms with Gasteiger partial charge in [0.05, 0.1) is 5.02 Å². The van der Waals surface area contributed by atoms with E-state index in [9.17, 15) is 0 Å². The first-order valence-corrected chi connectivity index (χ1v) is 8.23. The molecular formula is C15H23BrCl2N2. The molecule has 2 rings (SSSR count). The van der Waals surface area contributed by atoms with E-state index in [2.05, 4.69) is 45.2 Å². The Morgan fingerprint density at radius 1 is 1.35 bits per heavy atom. The van der Waals surface area contributed by atoms with Crippen LogP contribution in [0.5, 0.6) is 0 Å². The van der Waals surface area contributed by atoms with Crippen LogP contribution in [-0.4, -0.2) is 31.1 Å². The molecule has 0 aromatic heterocycles. The number of nitrogens with zero attached hydrogens (tertiary/aromatic N) is 1. The molecule has 1 aromatic carbocycles. The minimum absolute atomic E-state index is 0. The van der Waals surface area contributed by atoms with E-state index >= 15 is 0 Å². The normalized spacial score (nSPS) is 16.9. The zero-order valence-electron chi connectivity index (χ0n) is 11.9. The van der Waals surface area contributed by atoms with E-state index in [1.807, 2.05) is 6.07 Å². The number of hydrogen-bond donors (Lipinski definition) is 1. The van der Waals surface area contributed by atoms with Crippen molar-refractivity contribution >= 4 is 39.9 Å². The Bertz CT molecular complexity index is 407. The molecule has 1 aliphatic heterocycles. The second-order valence-corrected chi connectivity index (χ2v) is 6.54. The van der Waals surface area contributed by atoms with E-state index in [0.29, 0.717) is 0 Å². The van der Waals surface area contributed by atoms with Crippen molar-refractivity contribution < 1.29 is 0 Å². The Morgan fingerprint density at radius 3 is 2.65 bits per heavy atom. The van der Waals surface area contributed by atoms with Crippen molar-refractivity contribution in [1.82, 2.24) is 10.2 Å². The van der Waals surface area contributed by atoms with Crippen molar-refractivity contribution in [3.63, 3.8) is 0 Å². The van der Waals surface area contributed by atoms with Crippen LogP contribution in [0.25, 0.3) is 0 Å². The minimum atomic E-state index is 0. The zero-order valence-corrected chi connectivity index (χ0v) is 15.0. The Balaban J connectivity index is 0.00000200. The van der Waals surface area contributed by atoms with Gasteiger partial charge in [0.1, 0.15) is 0 Å². The molecule has 114 valence electrons. The number of benzene rings is 1. The second-order valence-electron chi connectivity index (χ2n) is 5.28. The fourth-order valence-corrected chi connectivity index (χ4v) is 3.14. The SMILES string of the molecule is CCNCC1CCN(Cc2ccc(Cl)c(Br)c2)CC1.Cl. The van der Waals surface area contributed by atoms with Gasteiger partial charge in [-0.2, -0.15) is 0 Å². The van der Waals surface area contributed by atoms with Gasteiger partial charge in [-0.1, -0.05) is 24.6 Å². The van der Waals surface area contributed by atoms with Crippen LogP contribution in [0.2, 0.25) is 5.02 Å². The largest absolute Gasteiger partial charge is 0.317 e. The molecule has 0 atom stereocenters. The molecule has 0 spiro atoms. The van der Waals surface area contributed by atoms with Gasteiger partial charge >= 0.3 is 0 Å². The Labute approximate surface area is 141 Å². The Kier molecular flexibility index (Phi) is 8.45. The molecule has 5 heteroatoms. The fourth-order valence-electron chi connectivity index (χ4n) is 2.59. The predicted molar refractivity (Wildman–Crippen MR) is 92.9 cm³/mol. The highest BCUT2D eigenvalue weighted by atomic mass is 79.9. The smallest absolute Gasteiger partial charge is 0.0548 e. The van der Waals surface area contributed by atoms with Gasteiger partial charge in [0, 0.05) is 11.0 Å². The highest BCUT2D eigenvalue weighted by Crippen LogP contribution is 2.25. The van der Waals surface area contributed by atoms with Crippen molar-refractivity contribution in [3.05, 3.63) is 33.3 Å². The van der Waals surface area contributed by atoms with Crippen molar-refractivity contribution in [2.45, 2.75) is 26.3 Å². The molecule has 1 saturated heterocycles. The Morgan fingerprint density at radius 2 is 2.05 bits per heavy atom. The molecule has 0 amide bonds. The molecule has 1 aliphatic rings. The lowest BCUT2D eigenvalue weighted by molar-refractivity contribution is 0.176.